The van der Waals surface area contributed by atoms with Crippen LogP contribution in [0.3, 0.4) is 0 Å². The third kappa shape index (κ3) is 3.65. The summed E-state index contributed by atoms with van der Waals surface area (Å²) >= 11 is 5.97. The first-order valence-corrected chi connectivity index (χ1v) is 9.44. The minimum absolute atomic E-state index is 0.147. The van der Waals surface area contributed by atoms with E-state index in [9.17, 15) is 0 Å². The summed E-state index contributed by atoms with van der Waals surface area (Å²) in [6, 6.07) is 14.0. The van der Waals surface area contributed by atoms with Crippen LogP contribution in [0.15, 0.2) is 48.7 Å². The van der Waals surface area contributed by atoms with Crippen LogP contribution in [-0.4, -0.2) is 15.2 Å². The molecule has 4 rings (SSSR count). The number of hydrogen-bond donors (Lipinski definition) is 1. The molecule has 0 fully saturated rings. The second kappa shape index (κ2) is 7.90. The summed E-state index contributed by atoms with van der Waals surface area (Å²) in [5, 5.41) is 17.5. The number of hydrogen-bond acceptors (Lipinski definition) is 4. The molecule has 0 bridgehead atoms. The van der Waals surface area contributed by atoms with Crippen LogP contribution in [0.2, 0.25) is 5.02 Å². The second-order valence-corrected chi connectivity index (χ2v) is 6.89. The van der Waals surface area contributed by atoms with Crippen molar-refractivity contribution in [3.63, 3.8) is 0 Å². The minimum Gasteiger partial charge on any atom is -0.454 e. The number of aryl methyl sites for hydroxylation is 1. The van der Waals surface area contributed by atoms with E-state index in [0.29, 0.717) is 40.5 Å². The lowest BCUT2D eigenvalue weighted by Gasteiger charge is -2.14. The van der Waals surface area contributed by atoms with Gasteiger partial charge in [0.15, 0.2) is 17.2 Å². The SMILES string of the molecule is CCc1ccc(Cc2n[nH]c3ncccc23)c(F)c1Oc1ccc(Cl)c(C#N)c1. The van der Waals surface area contributed by atoms with Gasteiger partial charge in [0, 0.05) is 24.1 Å². The number of aromatic nitrogens is 3. The molecule has 7 heteroatoms. The van der Waals surface area contributed by atoms with E-state index in [0.717, 1.165) is 10.9 Å². The van der Waals surface area contributed by atoms with Crippen molar-refractivity contribution in [3.8, 4) is 17.6 Å². The van der Waals surface area contributed by atoms with Crippen molar-refractivity contribution in [1.82, 2.24) is 15.2 Å². The van der Waals surface area contributed by atoms with E-state index in [-0.39, 0.29) is 11.3 Å². The van der Waals surface area contributed by atoms with Gasteiger partial charge in [-0.05, 0) is 41.8 Å². The molecule has 0 saturated heterocycles. The molecule has 4 aromatic rings. The molecule has 0 aliphatic heterocycles. The molecule has 0 spiro atoms. The van der Waals surface area contributed by atoms with Crippen LogP contribution in [0.5, 0.6) is 11.5 Å². The van der Waals surface area contributed by atoms with Gasteiger partial charge in [-0.2, -0.15) is 10.4 Å². The average Bonchev–Trinajstić information content (AvgIpc) is 3.15. The molecule has 144 valence electrons. The Bertz CT molecular complexity index is 1250. The van der Waals surface area contributed by atoms with Gasteiger partial charge in [-0.25, -0.2) is 9.37 Å². The van der Waals surface area contributed by atoms with E-state index < -0.39 is 5.82 Å². The van der Waals surface area contributed by atoms with Gasteiger partial charge in [0.1, 0.15) is 11.8 Å². The molecule has 0 saturated carbocycles. The molecular weight excluding hydrogens is 391 g/mol. The molecule has 1 N–H and O–H groups in total. The van der Waals surface area contributed by atoms with Crippen molar-refractivity contribution < 1.29 is 9.13 Å². The lowest BCUT2D eigenvalue weighted by atomic mass is 10.0. The molecule has 0 aliphatic carbocycles. The smallest absolute Gasteiger partial charge is 0.169 e. The van der Waals surface area contributed by atoms with Gasteiger partial charge in [0.25, 0.3) is 0 Å². The number of ether oxygens (including phenoxy) is 1. The Hall–Kier alpha value is -3.43. The summed E-state index contributed by atoms with van der Waals surface area (Å²) in [6.45, 7) is 1.93. The maximum atomic E-state index is 15.4. The third-order valence-corrected chi connectivity index (χ3v) is 5.02. The van der Waals surface area contributed by atoms with E-state index in [1.165, 1.54) is 6.07 Å². The number of rotatable bonds is 5. The van der Waals surface area contributed by atoms with Crippen LogP contribution in [0.1, 0.15) is 29.3 Å². The Morgan fingerprint density at radius 3 is 2.83 bits per heavy atom. The van der Waals surface area contributed by atoms with Crippen molar-refractivity contribution >= 4 is 22.6 Å². The Labute approximate surface area is 171 Å². The lowest BCUT2D eigenvalue weighted by molar-refractivity contribution is 0.433. The molecule has 5 nitrogen and oxygen atoms in total. The van der Waals surface area contributed by atoms with Gasteiger partial charge in [0.2, 0.25) is 0 Å². The predicted molar refractivity (Wildman–Crippen MR) is 109 cm³/mol. The maximum absolute atomic E-state index is 15.4. The summed E-state index contributed by atoms with van der Waals surface area (Å²) in [6.07, 6.45) is 2.57. The molecule has 2 aromatic carbocycles. The fraction of sp³-hybridized carbons (Fsp3) is 0.136. The fourth-order valence-corrected chi connectivity index (χ4v) is 3.32. The van der Waals surface area contributed by atoms with Crippen molar-refractivity contribution in [2.45, 2.75) is 19.8 Å². The van der Waals surface area contributed by atoms with Crippen LogP contribution in [0.25, 0.3) is 11.0 Å². The van der Waals surface area contributed by atoms with E-state index in [1.807, 2.05) is 31.2 Å². The maximum Gasteiger partial charge on any atom is 0.169 e. The van der Waals surface area contributed by atoms with Crippen molar-refractivity contribution in [3.05, 3.63) is 81.9 Å². The number of halogens is 2. The summed E-state index contributed by atoms with van der Waals surface area (Å²) in [4.78, 5) is 4.22. The summed E-state index contributed by atoms with van der Waals surface area (Å²) in [5.74, 6) is 0.0538. The van der Waals surface area contributed by atoms with Gasteiger partial charge in [-0.1, -0.05) is 30.7 Å². The number of H-pyrrole nitrogens is 1. The summed E-state index contributed by atoms with van der Waals surface area (Å²) in [7, 11) is 0. The number of pyridine rings is 1. The number of benzene rings is 2. The standard InChI is InChI=1S/C22H16ClFN4O/c1-2-13-5-6-14(11-19-17-4-3-9-26-22(17)28-27-19)20(24)21(13)29-16-7-8-18(23)15(10-16)12-25/h3-10H,2,11H2,1H3,(H,26,27,28). The molecule has 0 unspecified atom stereocenters. The van der Waals surface area contributed by atoms with Crippen molar-refractivity contribution in [2.24, 2.45) is 0 Å². The third-order valence-electron chi connectivity index (χ3n) is 4.69. The van der Waals surface area contributed by atoms with Crippen LogP contribution in [-0.2, 0) is 12.8 Å². The molecule has 2 heterocycles. The van der Waals surface area contributed by atoms with Crippen LogP contribution >= 0.6 is 11.6 Å². The highest BCUT2D eigenvalue weighted by atomic mass is 35.5. The fourth-order valence-electron chi connectivity index (χ4n) is 3.16. The molecule has 0 amide bonds. The number of nitrogens with one attached hydrogen (secondary N) is 1. The van der Waals surface area contributed by atoms with E-state index >= 15 is 4.39 Å². The van der Waals surface area contributed by atoms with E-state index in [4.69, 9.17) is 21.6 Å². The quantitative estimate of drug-likeness (QED) is 0.470. The Kier molecular flexibility index (Phi) is 5.15. The normalized spacial score (nSPS) is 10.8. The van der Waals surface area contributed by atoms with Crippen LogP contribution in [0.4, 0.5) is 4.39 Å². The van der Waals surface area contributed by atoms with Gasteiger partial charge in [-0.15, -0.1) is 0 Å². The first kappa shape index (κ1) is 18.9. The molecular formula is C22H16ClFN4O. The monoisotopic (exact) mass is 406 g/mol. The zero-order chi connectivity index (χ0) is 20.4. The first-order valence-electron chi connectivity index (χ1n) is 9.06. The van der Waals surface area contributed by atoms with Gasteiger partial charge in [0.05, 0.1) is 16.3 Å². The number of nitrogens with zero attached hydrogens (tertiary/aromatic N) is 3. The molecule has 0 aliphatic rings. The zero-order valence-electron chi connectivity index (χ0n) is 15.5. The topological polar surface area (TPSA) is 74.6 Å². The lowest BCUT2D eigenvalue weighted by Crippen LogP contribution is -2.01. The molecule has 0 atom stereocenters. The number of nitriles is 1. The van der Waals surface area contributed by atoms with E-state index in [1.54, 1.807) is 24.4 Å². The molecule has 2 aromatic heterocycles. The van der Waals surface area contributed by atoms with Gasteiger partial charge >= 0.3 is 0 Å². The highest BCUT2D eigenvalue weighted by molar-refractivity contribution is 6.31. The minimum atomic E-state index is -0.446. The van der Waals surface area contributed by atoms with E-state index in [2.05, 4.69) is 15.2 Å². The molecule has 0 radical (unpaired) electrons. The second-order valence-electron chi connectivity index (χ2n) is 6.48. The molecule has 29 heavy (non-hydrogen) atoms. The van der Waals surface area contributed by atoms with Crippen molar-refractivity contribution in [1.29, 1.82) is 5.26 Å². The number of fused-ring (bicyclic) bond motifs is 1. The average molecular weight is 407 g/mol. The highest BCUT2D eigenvalue weighted by Crippen LogP contribution is 2.33. The summed E-state index contributed by atoms with van der Waals surface area (Å²) in [5.41, 5.74) is 2.83. The van der Waals surface area contributed by atoms with Gasteiger partial charge in [-0.3, -0.25) is 5.10 Å². The Morgan fingerprint density at radius 2 is 2.03 bits per heavy atom. The highest BCUT2D eigenvalue weighted by Gasteiger charge is 2.18. The van der Waals surface area contributed by atoms with Gasteiger partial charge < -0.3 is 4.74 Å². The number of aromatic amines is 1. The zero-order valence-corrected chi connectivity index (χ0v) is 16.3. The largest absolute Gasteiger partial charge is 0.454 e. The Balaban J connectivity index is 1.72. The Morgan fingerprint density at radius 1 is 1.21 bits per heavy atom. The first-order chi connectivity index (χ1) is 14.1. The van der Waals surface area contributed by atoms with Crippen LogP contribution in [0, 0.1) is 17.1 Å². The van der Waals surface area contributed by atoms with Crippen molar-refractivity contribution in [2.75, 3.05) is 0 Å². The van der Waals surface area contributed by atoms with Crippen LogP contribution < -0.4 is 4.74 Å². The predicted octanol–water partition coefficient (Wildman–Crippen LogP) is 5.57. The summed E-state index contributed by atoms with van der Waals surface area (Å²) < 4.78 is 21.2.